The molecule has 0 unspecified atom stereocenters. The topological polar surface area (TPSA) is 75.4 Å². The van der Waals surface area contributed by atoms with Crippen molar-refractivity contribution < 1.29 is 9.59 Å². The molecule has 1 aliphatic heterocycles. The van der Waals surface area contributed by atoms with E-state index in [0.717, 1.165) is 6.42 Å². The van der Waals surface area contributed by atoms with Crippen LogP contribution in [0.4, 0.5) is 4.79 Å². The molecule has 2 aromatic carbocycles. The molecule has 0 spiro atoms. The molecule has 0 aromatic heterocycles. The van der Waals surface area contributed by atoms with Gasteiger partial charge in [0.05, 0.1) is 6.54 Å². The molecule has 1 aliphatic rings. The molecule has 130 valence electrons. The Balaban J connectivity index is 1.96. The van der Waals surface area contributed by atoms with Crippen LogP contribution in [0.3, 0.4) is 0 Å². The van der Waals surface area contributed by atoms with Crippen molar-refractivity contribution in [1.82, 2.24) is 10.2 Å². The second-order valence-corrected chi connectivity index (χ2v) is 6.38. The van der Waals surface area contributed by atoms with E-state index >= 15 is 0 Å². The van der Waals surface area contributed by atoms with Gasteiger partial charge in [0.1, 0.15) is 0 Å². The zero-order valence-corrected chi connectivity index (χ0v) is 14.3. The number of amides is 3. The van der Waals surface area contributed by atoms with Crippen molar-refractivity contribution in [2.24, 2.45) is 5.73 Å². The van der Waals surface area contributed by atoms with Crippen LogP contribution in [0.2, 0.25) is 0 Å². The van der Waals surface area contributed by atoms with Crippen molar-refractivity contribution in [3.05, 3.63) is 71.3 Å². The van der Waals surface area contributed by atoms with E-state index in [0.29, 0.717) is 6.54 Å². The number of rotatable bonds is 3. The summed E-state index contributed by atoms with van der Waals surface area (Å²) in [5, 5.41) is 2.41. The predicted molar refractivity (Wildman–Crippen MR) is 97.2 cm³/mol. The maximum Gasteiger partial charge on any atom is 0.312 e. The largest absolute Gasteiger partial charge is 0.352 e. The Labute approximate surface area is 147 Å². The molecule has 0 radical (unpaired) electrons. The summed E-state index contributed by atoms with van der Waals surface area (Å²) in [6.07, 6.45) is 0.798. The van der Waals surface area contributed by atoms with Crippen molar-refractivity contribution in [3.8, 4) is 0 Å². The first-order chi connectivity index (χ1) is 12.1. The number of benzene rings is 2. The Morgan fingerprint density at radius 2 is 1.80 bits per heavy atom. The van der Waals surface area contributed by atoms with E-state index in [-0.39, 0.29) is 24.4 Å². The van der Waals surface area contributed by atoms with Crippen LogP contribution in [0.25, 0.3) is 0 Å². The fourth-order valence-corrected chi connectivity index (χ4v) is 3.68. The van der Waals surface area contributed by atoms with Gasteiger partial charge in [-0.3, -0.25) is 4.79 Å². The molecule has 5 heteroatoms. The third-order valence-electron chi connectivity index (χ3n) is 4.88. The van der Waals surface area contributed by atoms with E-state index in [9.17, 15) is 9.59 Å². The summed E-state index contributed by atoms with van der Waals surface area (Å²) in [7, 11) is 0. The molecule has 0 fully saturated rings. The van der Waals surface area contributed by atoms with Crippen LogP contribution >= 0.6 is 0 Å². The fraction of sp³-hybridized carbons (Fsp3) is 0.300. The van der Waals surface area contributed by atoms with Crippen molar-refractivity contribution in [3.63, 3.8) is 0 Å². The smallest absolute Gasteiger partial charge is 0.312 e. The van der Waals surface area contributed by atoms with E-state index in [4.69, 9.17) is 5.73 Å². The first-order valence-corrected chi connectivity index (χ1v) is 8.53. The molecule has 0 aliphatic carbocycles. The quantitative estimate of drug-likeness (QED) is 0.901. The summed E-state index contributed by atoms with van der Waals surface area (Å²) in [5.74, 6) is -0.0162. The number of hydrogen-bond acceptors (Lipinski definition) is 2. The lowest BCUT2D eigenvalue weighted by Crippen LogP contribution is -2.47. The number of carbonyl (C=O) groups excluding carboxylic acids is 2. The van der Waals surface area contributed by atoms with Gasteiger partial charge in [-0.25, -0.2) is 4.79 Å². The second kappa shape index (κ2) is 7.38. The fourth-order valence-electron chi connectivity index (χ4n) is 3.68. The Bertz CT molecular complexity index is 761. The molecule has 2 atom stereocenters. The van der Waals surface area contributed by atoms with Crippen LogP contribution < -0.4 is 11.1 Å². The SMILES string of the molecule is C[C@H]1[C@@H](c2ccccc2)c2ccccc2CCN1C(=O)CNC(N)=O. The molecular weight excluding hydrogens is 314 g/mol. The number of nitrogens with two attached hydrogens (primary N) is 1. The molecule has 2 aromatic rings. The Hall–Kier alpha value is -2.82. The van der Waals surface area contributed by atoms with Gasteiger partial charge < -0.3 is 16.0 Å². The number of urea groups is 1. The van der Waals surface area contributed by atoms with Crippen LogP contribution in [0.1, 0.15) is 29.5 Å². The van der Waals surface area contributed by atoms with Gasteiger partial charge >= 0.3 is 6.03 Å². The van der Waals surface area contributed by atoms with Crippen LogP contribution in [-0.4, -0.2) is 36.0 Å². The third kappa shape index (κ3) is 3.65. The predicted octanol–water partition coefficient (Wildman–Crippen LogP) is 2.26. The Morgan fingerprint density at radius 1 is 1.12 bits per heavy atom. The maximum atomic E-state index is 12.6. The highest BCUT2D eigenvalue weighted by Gasteiger charge is 2.33. The van der Waals surface area contributed by atoms with Crippen molar-refractivity contribution in [1.29, 1.82) is 0 Å². The Morgan fingerprint density at radius 3 is 2.52 bits per heavy atom. The molecular formula is C20H23N3O2. The number of nitrogens with one attached hydrogen (secondary N) is 1. The van der Waals surface area contributed by atoms with Gasteiger partial charge in [0.25, 0.3) is 0 Å². The van der Waals surface area contributed by atoms with Gasteiger partial charge in [-0.05, 0) is 30.0 Å². The normalized spacial score (nSPS) is 19.6. The zero-order valence-electron chi connectivity index (χ0n) is 14.3. The summed E-state index contributed by atoms with van der Waals surface area (Å²) in [6.45, 7) is 2.63. The lowest BCUT2D eigenvalue weighted by atomic mass is 9.83. The first kappa shape index (κ1) is 17.0. The van der Waals surface area contributed by atoms with E-state index in [1.54, 1.807) is 0 Å². The lowest BCUT2D eigenvalue weighted by Gasteiger charge is -2.33. The van der Waals surface area contributed by atoms with Gasteiger partial charge in [0, 0.05) is 18.5 Å². The Kier molecular flexibility index (Phi) is 5.03. The van der Waals surface area contributed by atoms with Gasteiger partial charge in [0.2, 0.25) is 5.91 Å². The number of carbonyl (C=O) groups is 2. The molecule has 0 saturated heterocycles. The van der Waals surface area contributed by atoms with Gasteiger partial charge in [0.15, 0.2) is 0 Å². The third-order valence-corrected chi connectivity index (χ3v) is 4.88. The summed E-state index contributed by atoms with van der Waals surface area (Å²) >= 11 is 0. The highest BCUT2D eigenvalue weighted by atomic mass is 16.2. The van der Waals surface area contributed by atoms with E-state index in [2.05, 4.69) is 36.5 Å². The zero-order chi connectivity index (χ0) is 17.8. The summed E-state index contributed by atoms with van der Waals surface area (Å²) in [4.78, 5) is 25.4. The van der Waals surface area contributed by atoms with Crippen LogP contribution in [0, 0.1) is 0 Å². The summed E-state index contributed by atoms with van der Waals surface area (Å²) in [6, 6.07) is 17.9. The first-order valence-electron chi connectivity index (χ1n) is 8.53. The average molecular weight is 337 g/mol. The average Bonchev–Trinajstić information content (AvgIpc) is 2.76. The molecule has 0 bridgehead atoms. The van der Waals surface area contributed by atoms with Crippen LogP contribution in [-0.2, 0) is 11.2 Å². The lowest BCUT2D eigenvalue weighted by molar-refractivity contribution is -0.132. The second-order valence-electron chi connectivity index (χ2n) is 6.38. The summed E-state index contributed by atoms with van der Waals surface area (Å²) < 4.78 is 0. The number of hydrogen-bond donors (Lipinski definition) is 2. The van der Waals surface area contributed by atoms with Gasteiger partial charge in [-0.15, -0.1) is 0 Å². The van der Waals surface area contributed by atoms with Crippen molar-refractivity contribution in [2.45, 2.75) is 25.3 Å². The minimum absolute atomic E-state index is 0.0202. The number of primary amides is 1. The maximum absolute atomic E-state index is 12.6. The highest BCUT2D eigenvalue weighted by Crippen LogP contribution is 2.35. The molecule has 3 amide bonds. The minimum atomic E-state index is -0.682. The molecule has 3 N–H and O–H groups in total. The van der Waals surface area contributed by atoms with E-state index in [1.165, 1.54) is 16.7 Å². The van der Waals surface area contributed by atoms with Crippen LogP contribution in [0.15, 0.2) is 54.6 Å². The van der Waals surface area contributed by atoms with Gasteiger partial charge in [-0.2, -0.15) is 0 Å². The molecule has 3 rings (SSSR count). The number of fused-ring (bicyclic) bond motifs is 1. The van der Waals surface area contributed by atoms with Crippen molar-refractivity contribution >= 4 is 11.9 Å². The minimum Gasteiger partial charge on any atom is -0.352 e. The molecule has 5 nitrogen and oxygen atoms in total. The molecule has 1 heterocycles. The molecule has 25 heavy (non-hydrogen) atoms. The highest BCUT2D eigenvalue weighted by molar-refractivity contribution is 5.83. The molecule has 0 saturated carbocycles. The monoisotopic (exact) mass is 337 g/mol. The van der Waals surface area contributed by atoms with Gasteiger partial charge in [-0.1, -0.05) is 54.6 Å². The van der Waals surface area contributed by atoms with E-state index in [1.807, 2.05) is 35.2 Å². The van der Waals surface area contributed by atoms with E-state index < -0.39 is 6.03 Å². The standard InChI is InChI=1S/C20H23N3O2/c1-14-19(16-8-3-2-4-9-16)17-10-6-5-7-15(17)11-12-23(14)18(24)13-22-20(21)25/h2-10,14,19H,11-13H2,1H3,(H3,21,22,25)/t14-,19-/m0/s1. The summed E-state index contributed by atoms with van der Waals surface area (Å²) in [5.41, 5.74) is 8.82. The van der Waals surface area contributed by atoms with Crippen LogP contribution in [0.5, 0.6) is 0 Å². The number of nitrogens with zero attached hydrogens (tertiary/aromatic N) is 1. The van der Waals surface area contributed by atoms with Crippen molar-refractivity contribution in [2.75, 3.05) is 13.1 Å².